The Morgan fingerprint density at radius 3 is 2.96 bits per heavy atom. The third-order valence-electron chi connectivity index (χ3n) is 5.98. The first-order valence-electron chi connectivity index (χ1n) is 8.95. The van der Waals surface area contributed by atoms with Gasteiger partial charge in [-0.25, -0.2) is 0 Å². The Kier molecular flexibility index (Phi) is 4.35. The molecule has 5 nitrogen and oxygen atoms in total. The summed E-state index contributed by atoms with van der Waals surface area (Å²) >= 11 is 1.77. The van der Waals surface area contributed by atoms with Crippen molar-refractivity contribution in [3.63, 3.8) is 0 Å². The van der Waals surface area contributed by atoms with Gasteiger partial charge in [0, 0.05) is 24.0 Å². The van der Waals surface area contributed by atoms with E-state index < -0.39 is 12.0 Å². The van der Waals surface area contributed by atoms with Crippen LogP contribution in [0.2, 0.25) is 0 Å². The van der Waals surface area contributed by atoms with E-state index in [2.05, 4.69) is 11.4 Å². The number of thiophene rings is 1. The fourth-order valence-electron chi connectivity index (χ4n) is 4.74. The van der Waals surface area contributed by atoms with Crippen LogP contribution >= 0.6 is 11.3 Å². The molecule has 4 rings (SSSR count). The molecule has 1 aromatic rings. The minimum absolute atomic E-state index is 0.0873. The van der Waals surface area contributed by atoms with Crippen molar-refractivity contribution < 1.29 is 14.7 Å². The zero-order valence-corrected chi connectivity index (χ0v) is 14.6. The van der Waals surface area contributed by atoms with Gasteiger partial charge in [-0.3, -0.25) is 14.5 Å². The molecule has 1 amide bonds. The molecular formula is C18H24N2O3S. The van der Waals surface area contributed by atoms with E-state index in [1.165, 1.54) is 16.9 Å². The summed E-state index contributed by atoms with van der Waals surface area (Å²) in [6, 6.07) is 1.90. The lowest BCUT2D eigenvalue weighted by atomic mass is 9.85. The first-order chi connectivity index (χ1) is 11.6. The Hall–Kier alpha value is -1.40. The van der Waals surface area contributed by atoms with E-state index in [-0.39, 0.29) is 18.5 Å². The number of aliphatic carboxylic acids is 1. The predicted molar refractivity (Wildman–Crippen MR) is 91.9 cm³/mol. The van der Waals surface area contributed by atoms with Crippen molar-refractivity contribution in [1.82, 2.24) is 9.80 Å². The number of hydrogen-bond acceptors (Lipinski definition) is 4. The molecule has 2 aliphatic heterocycles. The molecule has 0 bridgehead atoms. The lowest BCUT2D eigenvalue weighted by Crippen LogP contribution is -2.49. The Balaban J connectivity index is 1.46. The average Bonchev–Trinajstić information content (AvgIpc) is 3.19. The van der Waals surface area contributed by atoms with Gasteiger partial charge in [0.25, 0.3) is 0 Å². The van der Waals surface area contributed by atoms with E-state index in [1.807, 2.05) is 9.80 Å². The van der Waals surface area contributed by atoms with Crippen molar-refractivity contribution in [2.75, 3.05) is 13.1 Å². The Morgan fingerprint density at radius 2 is 2.12 bits per heavy atom. The minimum Gasteiger partial charge on any atom is -0.480 e. The maximum atomic E-state index is 12.8. The van der Waals surface area contributed by atoms with Crippen LogP contribution in [0.15, 0.2) is 11.4 Å². The van der Waals surface area contributed by atoms with Crippen molar-refractivity contribution in [2.24, 2.45) is 5.92 Å². The second-order valence-corrected chi connectivity index (χ2v) is 8.31. The van der Waals surface area contributed by atoms with Crippen molar-refractivity contribution in [3.8, 4) is 0 Å². The van der Waals surface area contributed by atoms with Crippen LogP contribution in [-0.4, -0.2) is 52.0 Å². The van der Waals surface area contributed by atoms with E-state index in [4.69, 9.17) is 0 Å². The zero-order chi connectivity index (χ0) is 16.7. The van der Waals surface area contributed by atoms with Gasteiger partial charge >= 0.3 is 5.97 Å². The summed E-state index contributed by atoms with van der Waals surface area (Å²) in [6.07, 6.45) is 6.13. The number of carboxylic acids is 1. The second-order valence-electron chi connectivity index (χ2n) is 7.31. The van der Waals surface area contributed by atoms with Crippen LogP contribution in [0.1, 0.15) is 42.5 Å². The quantitative estimate of drug-likeness (QED) is 0.911. The van der Waals surface area contributed by atoms with Crippen LogP contribution in [0.3, 0.4) is 0 Å². The number of hydrogen-bond donors (Lipinski definition) is 1. The largest absolute Gasteiger partial charge is 0.480 e. The first-order valence-corrected chi connectivity index (χ1v) is 9.83. The molecule has 0 spiro atoms. The number of nitrogens with zero attached hydrogens (tertiary/aromatic N) is 2. The standard InChI is InChI=1S/C18H24N2O3S/c21-17(19-7-5-16-13(10-19)6-8-24-16)11-20-14-4-2-1-3-12(14)9-15(20)18(22)23/h6,8,12,14-15H,1-5,7,9-11H2,(H,22,23)/t12-,14+,15-/m0/s1. The van der Waals surface area contributed by atoms with Gasteiger partial charge in [0.05, 0.1) is 6.54 Å². The molecule has 130 valence electrons. The van der Waals surface area contributed by atoms with Crippen LogP contribution in [0.5, 0.6) is 0 Å². The van der Waals surface area contributed by atoms with Crippen LogP contribution in [0.25, 0.3) is 0 Å². The summed E-state index contributed by atoms with van der Waals surface area (Å²) in [6.45, 7) is 1.70. The monoisotopic (exact) mass is 348 g/mol. The Bertz CT molecular complexity index is 644. The third kappa shape index (κ3) is 2.86. The number of fused-ring (bicyclic) bond motifs is 2. The molecule has 2 fully saturated rings. The SMILES string of the molecule is O=C(O)[C@@H]1C[C@@H]2CCCC[C@H]2N1CC(=O)N1CCc2sccc2C1. The molecule has 1 N–H and O–H groups in total. The van der Waals surface area contributed by atoms with Gasteiger partial charge in [-0.2, -0.15) is 0 Å². The molecule has 3 aliphatic rings. The number of likely N-dealkylation sites (tertiary alicyclic amines) is 1. The van der Waals surface area contributed by atoms with Crippen molar-refractivity contribution >= 4 is 23.2 Å². The summed E-state index contributed by atoms with van der Waals surface area (Å²) in [4.78, 5) is 29.8. The van der Waals surface area contributed by atoms with Gasteiger partial charge in [0.1, 0.15) is 6.04 Å². The van der Waals surface area contributed by atoms with Crippen molar-refractivity contribution in [2.45, 2.75) is 57.2 Å². The molecule has 1 aliphatic carbocycles. The van der Waals surface area contributed by atoms with Gasteiger partial charge < -0.3 is 10.0 Å². The van der Waals surface area contributed by atoms with Crippen LogP contribution in [-0.2, 0) is 22.6 Å². The molecule has 1 aromatic heterocycles. The second kappa shape index (κ2) is 6.48. The Labute approximate surface area is 146 Å². The number of carbonyl (C=O) groups excluding carboxylic acids is 1. The van der Waals surface area contributed by atoms with Crippen LogP contribution in [0, 0.1) is 5.92 Å². The molecule has 1 saturated heterocycles. The highest BCUT2D eigenvalue weighted by Gasteiger charge is 2.46. The maximum absolute atomic E-state index is 12.8. The fraction of sp³-hybridized carbons (Fsp3) is 0.667. The molecule has 6 heteroatoms. The maximum Gasteiger partial charge on any atom is 0.320 e. The number of amides is 1. The van der Waals surface area contributed by atoms with Gasteiger partial charge in [0.2, 0.25) is 5.91 Å². The molecule has 0 unspecified atom stereocenters. The molecule has 0 aromatic carbocycles. The van der Waals surface area contributed by atoms with E-state index in [9.17, 15) is 14.7 Å². The summed E-state index contributed by atoms with van der Waals surface area (Å²) < 4.78 is 0. The highest BCUT2D eigenvalue weighted by Crippen LogP contribution is 2.39. The molecule has 3 heterocycles. The highest BCUT2D eigenvalue weighted by atomic mass is 32.1. The van der Waals surface area contributed by atoms with Gasteiger partial charge in [0.15, 0.2) is 0 Å². The van der Waals surface area contributed by atoms with E-state index in [1.54, 1.807) is 11.3 Å². The zero-order valence-electron chi connectivity index (χ0n) is 13.8. The van der Waals surface area contributed by atoms with Gasteiger partial charge in [-0.15, -0.1) is 11.3 Å². The lowest BCUT2D eigenvalue weighted by molar-refractivity contribution is -0.144. The number of rotatable bonds is 3. The van der Waals surface area contributed by atoms with E-state index in [0.717, 1.165) is 32.2 Å². The summed E-state index contributed by atoms with van der Waals surface area (Å²) in [7, 11) is 0. The average molecular weight is 348 g/mol. The lowest BCUT2D eigenvalue weighted by Gasteiger charge is -2.35. The van der Waals surface area contributed by atoms with E-state index in [0.29, 0.717) is 18.9 Å². The molecule has 24 heavy (non-hydrogen) atoms. The number of carbonyl (C=O) groups is 2. The van der Waals surface area contributed by atoms with Crippen LogP contribution < -0.4 is 0 Å². The topological polar surface area (TPSA) is 60.9 Å². The summed E-state index contributed by atoms with van der Waals surface area (Å²) in [5, 5.41) is 11.7. The molecule has 1 saturated carbocycles. The normalized spacial score (nSPS) is 30.0. The highest BCUT2D eigenvalue weighted by molar-refractivity contribution is 7.10. The Morgan fingerprint density at radius 1 is 1.29 bits per heavy atom. The van der Waals surface area contributed by atoms with Gasteiger partial charge in [-0.1, -0.05) is 12.8 Å². The summed E-state index contributed by atoms with van der Waals surface area (Å²) in [5.41, 5.74) is 1.26. The van der Waals surface area contributed by atoms with Crippen molar-refractivity contribution in [1.29, 1.82) is 0 Å². The molecule has 0 radical (unpaired) electrons. The predicted octanol–water partition coefficient (Wildman–Crippen LogP) is 2.35. The minimum atomic E-state index is -0.768. The van der Waals surface area contributed by atoms with Crippen molar-refractivity contribution in [3.05, 3.63) is 21.9 Å². The smallest absolute Gasteiger partial charge is 0.320 e. The first kappa shape index (κ1) is 16.1. The summed E-state index contributed by atoms with van der Waals surface area (Å²) in [5.74, 6) is -0.224. The molecular weight excluding hydrogens is 324 g/mol. The number of carboxylic acid groups (broad SMARTS) is 1. The van der Waals surface area contributed by atoms with Gasteiger partial charge in [-0.05, 0) is 48.6 Å². The van der Waals surface area contributed by atoms with Crippen LogP contribution in [0.4, 0.5) is 0 Å². The third-order valence-corrected chi connectivity index (χ3v) is 7.01. The fourth-order valence-corrected chi connectivity index (χ4v) is 5.63. The van der Waals surface area contributed by atoms with E-state index >= 15 is 0 Å². The molecule has 3 atom stereocenters.